The number of hydrogen-bond donors (Lipinski definition) is 2. The molecule has 1 aliphatic rings. The van der Waals surface area contributed by atoms with Crippen molar-refractivity contribution in [1.82, 2.24) is 10.0 Å². The van der Waals surface area contributed by atoms with Crippen molar-refractivity contribution in [3.8, 4) is 5.75 Å². The van der Waals surface area contributed by atoms with Gasteiger partial charge in [0.15, 0.2) is 6.10 Å². The van der Waals surface area contributed by atoms with Crippen LogP contribution in [-0.4, -0.2) is 39.9 Å². The van der Waals surface area contributed by atoms with Gasteiger partial charge < -0.3 is 10.1 Å². The minimum atomic E-state index is -3.62. The second kappa shape index (κ2) is 8.60. The number of unbranched alkanes of at least 4 members (excludes halogenated alkanes) is 1. The lowest BCUT2D eigenvalue weighted by molar-refractivity contribution is 0.0857. The average molecular weight is 392 g/mol. The molecule has 0 saturated heterocycles. The SMILES string of the molecule is O=C1c2ccccc2OC1CNCCCCNS(=O)(=O)c1ccc(F)cc1. The molecule has 3 rings (SSSR count). The average Bonchev–Trinajstić information content (AvgIpc) is 2.97. The lowest BCUT2D eigenvalue weighted by Gasteiger charge is -2.11. The van der Waals surface area contributed by atoms with E-state index in [1.807, 2.05) is 12.1 Å². The molecule has 0 aliphatic carbocycles. The van der Waals surface area contributed by atoms with E-state index in [9.17, 15) is 17.6 Å². The fourth-order valence-corrected chi connectivity index (χ4v) is 3.87. The molecule has 0 radical (unpaired) electrons. The second-order valence-electron chi connectivity index (χ2n) is 6.23. The van der Waals surface area contributed by atoms with Gasteiger partial charge in [0, 0.05) is 13.1 Å². The lowest BCUT2D eigenvalue weighted by Crippen LogP contribution is -2.34. The van der Waals surface area contributed by atoms with Gasteiger partial charge >= 0.3 is 0 Å². The first kappa shape index (κ1) is 19.5. The van der Waals surface area contributed by atoms with Crippen LogP contribution in [0.3, 0.4) is 0 Å². The van der Waals surface area contributed by atoms with Gasteiger partial charge in [-0.1, -0.05) is 12.1 Å². The van der Waals surface area contributed by atoms with E-state index in [0.29, 0.717) is 30.8 Å². The minimum absolute atomic E-state index is 0.0230. The van der Waals surface area contributed by atoms with Crippen molar-refractivity contribution in [2.45, 2.75) is 23.8 Å². The molecule has 2 aromatic carbocycles. The number of fused-ring (bicyclic) bond motifs is 1. The van der Waals surface area contributed by atoms with Gasteiger partial charge in [0.25, 0.3) is 0 Å². The summed E-state index contributed by atoms with van der Waals surface area (Å²) in [7, 11) is -3.62. The monoisotopic (exact) mass is 392 g/mol. The summed E-state index contributed by atoms with van der Waals surface area (Å²) in [5, 5.41) is 3.16. The highest BCUT2D eigenvalue weighted by molar-refractivity contribution is 7.89. The zero-order chi connectivity index (χ0) is 19.3. The van der Waals surface area contributed by atoms with Gasteiger partial charge in [-0.2, -0.15) is 0 Å². The zero-order valence-corrected chi connectivity index (χ0v) is 15.5. The van der Waals surface area contributed by atoms with E-state index >= 15 is 0 Å². The Hall–Kier alpha value is -2.29. The fraction of sp³-hybridized carbons (Fsp3) is 0.316. The molecule has 1 aliphatic heterocycles. The third kappa shape index (κ3) is 4.91. The number of sulfonamides is 1. The number of nitrogens with one attached hydrogen (secondary N) is 2. The van der Waals surface area contributed by atoms with E-state index in [-0.39, 0.29) is 17.2 Å². The molecule has 0 aromatic heterocycles. The third-order valence-corrected chi connectivity index (χ3v) is 5.72. The first-order chi connectivity index (χ1) is 13.0. The molecule has 1 atom stereocenters. The van der Waals surface area contributed by atoms with Gasteiger partial charge in [-0.3, -0.25) is 4.79 Å². The number of ether oxygens (including phenoxy) is 1. The van der Waals surface area contributed by atoms with Crippen LogP contribution in [0.25, 0.3) is 0 Å². The fourth-order valence-electron chi connectivity index (χ4n) is 2.80. The molecule has 0 saturated carbocycles. The summed E-state index contributed by atoms with van der Waals surface area (Å²) in [4.78, 5) is 12.2. The lowest BCUT2D eigenvalue weighted by atomic mass is 10.1. The molecule has 27 heavy (non-hydrogen) atoms. The quantitative estimate of drug-likeness (QED) is 0.639. The van der Waals surface area contributed by atoms with Gasteiger partial charge in [-0.05, 0) is 55.8 Å². The molecule has 1 heterocycles. The molecule has 8 heteroatoms. The number of para-hydroxylation sites is 1. The summed E-state index contributed by atoms with van der Waals surface area (Å²) in [5.41, 5.74) is 0.611. The first-order valence-corrected chi connectivity index (χ1v) is 10.2. The Labute approximate surface area is 157 Å². The maximum Gasteiger partial charge on any atom is 0.240 e. The van der Waals surface area contributed by atoms with Crippen LogP contribution in [-0.2, 0) is 10.0 Å². The highest BCUT2D eigenvalue weighted by Gasteiger charge is 2.31. The minimum Gasteiger partial charge on any atom is -0.480 e. The van der Waals surface area contributed by atoms with Crippen LogP contribution in [0.1, 0.15) is 23.2 Å². The Balaban J connectivity index is 1.32. The highest BCUT2D eigenvalue weighted by atomic mass is 32.2. The van der Waals surface area contributed by atoms with Crippen LogP contribution in [0, 0.1) is 5.82 Å². The molecule has 2 aromatic rings. The summed E-state index contributed by atoms with van der Waals surface area (Å²) in [6, 6.07) is 11.9. The van der Waals surface area contributed by atoms with Crippen molar-refractivity contribution < 1.29 is 22.3 Å². The molecule has 6 nitrogen and oxygen atoms in total. The Bertz CT molecular complexity index is 900. The Morgan fingerprint density at radius 1 is 1.00 bits per heavy atom. The third-order valence-electron chi connectivity index (χ3n) is 4.24. The number of halogens is 1. The maximum atomic E-state index is 12.9. The summed E-state index contributed by atoms with van der Waals surface area (Å²) in [6.45, 7) is 1.34. The van der Waals surface area contributed by atoms with E-state index < -0.39 is 21.9 Å². The molecular formula is C19H21FN2O4S. The van der Waals surface area contributed by atoms with Crippen molar-refractivity contribution in [2.75, 3.05) is 19.6 Å². The van der Waals surface area contributed by atoms with Crippen molar-refractivity contribution >= 4 is 15.8 Å². The summed E-state index contributed by atoms with van der Waals surface area (Å²) < 4.78 is 45.1. The molecule has 0 amide bonds. The number of carbonyl (C=O) groups is 1. The summed E-state index contributed by atoms with van der Waals surface area (Å²) in [6.07, 6.45) is 0.854. The van der Waals surface area contributed by atoms with Crippen LogP contribution in [0.15, 0.2) is 53.4 Å². The largest absolute Gasteiger partial charge is 0.480 e. The van der Waals surface area contributed by atoms with Crippen molar-refractivity contribution in [3.05, 3.63) is 59.9 Å². The van der Waals surface area contributed by atoms with Crippen LogP contribution < -0.4 is 14.8 Å². The highest BCUT2D eigenvalue weighted by Crippen LogP contribution is 2.27. The van der Waals surface area contributed by atoms with E-state index in [0.717, 1.165) is 18.6 Å². The zero-order valence-electron chi connectivity index (χ0n) is 14.7. The molecule has 2 N–H and O–H groups in total. The van der Waals surface area contributed by atoms with Crippen LogP contribution in [0.2, 0.25) is 0 Å². The molecule has 144 valence electrons. The summed E-state index contributed by atoms with van der Waals surface area (Å²) in [5.74, 6) is 0.113. The molecule has 0 fully saturated rings. The van der Waals surface area contributed by atoms with Crippen LogP contribution in [0.5, 0.6) is 5.75 Å². The van der Waals surface area contributed by atoms with E-state index in [2.05, 4.69) is 10.0 Å². The van der Waals surface area contributed by atoms with Crippen molar-refractivity contribution in [1.29, 1.82) is 0 Å². The van der Waals surface area contributed by atoms with Crippen molar-refractivity contribution in [2.24, 2.45) is 0 Å². The van der Waals surface area contributed by atoms with Gasteiger partial charge in [0.1, 0.15) is 11.6 Å². The van der Waals surface area contributed by atoms with Crippen molar-refractivity contribution in [3.63, 3.8) is 0 Å². The predicted molar refractivity (Wildman–Crippen MR) is 98.9 cm³/mol. The van der Waals surface area contributed by atoms with Gasteiger partial charge in [-0.25, -0.2) is 17.5 Å². The van der Waals surface area contributed by atoms with E-state index in [1.165, 1.54) is 12.1 Å². The molecule has 0 spiro atoms. The van der Waals surface area contributed by atoms with E-state index in [4.69, 9.17) is 4.74 Å². The smallest absolute Gasteiger partial charge is 0.240 e. The Morgan fingerprint density at radius 3 is 2.44 bits per heavy atom. The van der Waals surface area contributed by atoms with E-state index in [1.54, 1.807) is 12.1 Å². The Kier molecular flexibility index (Phi) is 6.20. The van der Waals surface area contributed by atoms with Crippen LogP contribution in [0.4, 0.5) is 4.39 Å². The molecule has 1 unspecified atom stereocenters. The van der Waals surface area contributed by atoms with Crippen LogP contribution >= 0.6 is 0 Å². The Morgan fingerprint density at radius 2 is 1.70 bits per heavy atom. The van der Waals surface area contributed by atoms with Gasteiger partial charge in [-0.15, -0.1) is 0 Å². The number of ketones is 1. The normalized spacial score (nSPS) is 16.2. The number of carbonyl (C=O) groups excluding carboxylic acids is 1. The number of hydrogen-bond acceptors (Lipinski definition) is 5. The number of benzene rings is 2. The summed E-state index contributed by atoms with van der Waals surface area (Å²) >= 11 is 0. The standard InChI is InChI=1S/C19H21FN2O4S/c20-14-7-9-15(10-8-14)27(24,25)22-12-4-3-11-21-13-18-19(23)16-5-1-2-6-17(16)26-18/h1-2,5-10,18,21-22H,3-4,11-13H2. The molecule has 0 bridgehead atoms. The van der Waals surface area contributed by atoms with Gasteiger partial charge in [0.05, 0.1) is 10.5 Å². The molecular weight excluding hydrogens is 371 g/mol. The predicted octanol–water partition coefficient (Wildman–Crippen LogP) is 2.12. The first-order valence-electron chi connectivity index (χ1n) is 8.73. The maximum absolute atomic E-state index is 12.9. The second-order valence-corrected chi connectivity index (χ2v) is 8.00. The van der Waals surface area contributed by atoms with Gasteiger partial charge in [0.2, 0.25) is 15.8 Å². The number of Topliss-reactive ketones (excluding diaryl/α,β-unsaturated/α-hetero) is 1. The topological polar surface area (TPSA) is 84.5 Å². The number of rotatable bonds is 9.